The number of carbonyl (C=O) groups is 1. The van der Waals surface area contributed by atoms with Crippen molar-refractivity contribution in [2.75, 3.05) is 5.32 Å². The lowest BCUT2D eigenvalue weighted by atomic mass is 10.1. The van der Waals surface area contributed by atoms with Gasteiger partial charge in [-0.25, -0.2) is 0 Å². The molecule has 1 N–H and O–H groups in total. The number of hydrogen-bond donors (Lipinski definition) is 1. The SMILES string of the molecule is Cc1cc(C)n(CC(=O)Nc2ccc(C)c3ncccc23)n1. The average Bonchev–Trinajstić information content (AvgIpc) is 2.80. The number of nitrogens with zero attached hydrogens (tertiary/aromatic N) is 3. The maximum absolute atomic E-state index is 12.3. The van der Waals surface area contributed by atoms with Crippen LogP contribution in [-0.4, -0.2) is 20.7 Å². The Hall–Kier alpha value is -2.69. The van der Waals surface area contributed by atoms with E-state index in [1.54, 1.807) is 10.9 Å². The molecular weight excluding hydrogens is 276 g/mol. The molecule has 0 fully saturated rings. The molecule has 3 rings (SSSR count). The molecule has 0 unspecified atom stereocenters. The topological polar surface area (TPSA) is 59.8 Å². The van der Waals surface area contributed by atoms with Crippen molar-refractivity contribution >= 4 is 22.5 Å². The normalized spacial score (nSPS) is 10.9. The van der Waals surface area contributed by atoms with Crippen LogP contribution >= 0.6 is 0 Å². The molecule has 0 spiro atoms. The third-order valence-electron chi connectivity index (χ3n) is 3.64. The Bertz CT molecular complexity index is 851. The van der Waals surface area contributed by atoms with Crippen molar-refractivity contribution < 1.29 is 4.79 Å². The minimum absolute atomic E-state index is 0.0970. The molecule has 0 aliphatic rings. The Balaban J connectivity index is 1.86. The van der Waals surface area contributed by atoms with Crippen LogP contribution < -0.4 is 5.32 Å². The standard InChI is InChI=1S/C17H18N4O/c1-11-6-7-15(14-5-4-8-18-17(11)14)19-16(22)10-21-13(3)9-12(2)20-21/h4-9H,10H2,1-3H3,(H,19,22). The van der Waals surface area contributed by atoms with Gasteiger partial charge in [-0.05, 0) is 50.6 Å². The third-order valence-corrected chi connectivity index (χ3v) is 3.64. The van der Waals surface area contributed by atoms with E-state index in [0.717, 1.165) is 33.5 Å². The van der Waals surface area contributed by atoms with E-state index >= 15 is 0 Å². The molecule has 0 aliphatic heterocycles. The molecular formula is C17H18N4O. The lowest BCUT2D eigenvalue weighted by Gasteiger charge is -2.10. The number of benzene rings is 1. The van der Waals surface area contributed by atoms with Crippen LogP contribution in [0.2, 0.25) is 0 Å². The molecule has 3 aromatic rings. The smallest absolute Gasteiger partial charge is 0.246 e. The maximum Gasteiger partial charge on any atom is 0.246 e. The zero-order chi connectivity index (χ0) is 15.7. The van der Waals surface area contributed by atoms with Gasteiger partial charge in [0.1, 0.15) is 6.54 Å². The fourth-order valence-electron chi connectivity index (χ4n) is 2.58. The molecule has 0 aliphatic carbocycles. The molecule has 5 nitrogen and oxygen atoms in total. The highest BCUT2D eigenvalue weighted by molar-refractivity contribution is 6.01. The summed E-state index contributed by atoms with van der Waals surface area (Å²) in [6, 6.07) is 9.68. The first-order valence-electron chi connectivity index (χ1n) is 7.20. The first kappa shape index (κ1) is 14.3. The number of nitrogens with one attached hydrogen (secondary N) is 1. The van der Waals surface area contributed by atoms with Crippen molar-refractivity contribution in [3.05, 3.63) is 53.5 Å². The van der Waals surface area contributed by atoms with Crippen molar-refractivity contribution in [2.24, 2.45) is 0 Å². The van der Waals surface area contributed by atoms with E-state index in [2.05, 4.69) is 15.4 Å². The first-order chi connectivity index (χ1) is 10.5. The van der Waals surface area contributed by atoms with E-state index in [1.807, 2.05) is 51.1 Å². The highest BCUT2D eigenvalue weighted by atomic mass is 16.2. The highest BCUT2D eigenvalue weighted by Gasteiger charge is 2.10. The molecule has 2 aromatic heterocycles. The number of aryl methyl sites for hydroxylation is 3. The average molecular weight is 294 g/mol. The van der Waals surface area contributed by atoms with Gasteiger partial charge in [-0.2, -0.15) is 5.10 Å². The van der Waals surface area contributed by atoms with Gasteiger partial charge in [0.05, 0.1) is 16.9 Å². The fraction of sp³-hybridized carbons (Fsp3) is 0.235. The molecule has 0 radical (unpaired) electrons. The summed E-state index contributed by atoms with van der Waals surface area (Å²) in [6.07, 6.45) is 1.76. The van der Waals surface area contributed by atoms with Crippen LogP contribution in [0.15, 0.2) is 36.5 Å². The van der Waals surface area contributed by atoms with Crippen LogP contribution in [0.1, 0.15) is 17.0 Å². The second kappa shape index (κ2) is 5.60. The van der Waals surface area contributed by atoms with Crippen LogP contribution in [0.3, 0.4) is 0 Å². The van der Waals surface area contributed by atoms with Crippen molar-refractivity contribution in [3.63, 3.8) is 0 Å². The molecule has 0 bridgehead atoms. The Morgan fingerprint density at radius 1 is 1.23 bits per heavy atom. The van der Waals surface area contributed by atoms with Crippen LogP contribution in [0.4, 0.5) is 5.69 Å². The minimum atomic E-state index is -0.0970. The zero-order valence-corrected chi connectivity index (χ0v) is 12.9. The number of carbonyl (C=O) groups excluding carboxylic acids is 1. The number of anilines is 1. The summed E-state index contributed by atoms with van der Waals surface area (Å²) in [5, 5.41) is 8.22. The highest BCUT2D eigenvalue weighted by Crippen LogP contribution is 2.24. The fourth-order valence-corrected chi connectivity index (χ4v) is 2.58. The van der Waals surface area contributed by atoms with E-state index in [0.29, 0.717) is 0 Å². The third kappa shape index (κ3) is 2.70. The summed E-state index contributed by atoms with van der Waals surface area (Å²) in [7, 11) is 0. The molecule has 22 heavy (non-hydrogen) atoms. The van der Waals surface area contributed by atoms with Gasteiger partial charge in [0.25, 0.3) is 0 Å². The largest absolute Gasteiger partial charge is 0.324 e. The predicted octanol–water partition coefficient (Wildman–Crippen LogP) is 3.00. The van der Waals surface area contributed by atoms with Crippen molar-refractivity contribution in [1.82, 2.24) is 14.8 Å². The Morgan fingerprint density at radius 2 is 2.05 bits per heavy atom. The van der Waals surface area contributed by atoms with E-state index in [9.17, 15) is 4.79 Å². The summed E-state index contributed by atoms with van der Waals surface area (Å²) >= 11 is 0. The molecule has 2 heterocycles. The van der Waals surface area contributed by atoms with E-state index in [-0.39, 0.29) is 12.5 Å². The number of aromatic nitrogens is 3. The number of pyridine rings is 1. The van der Waals surface area contributed by atoms with Gasteiger partial charge in [-0.1, -0.05) is 6.07 Å². The van der Waals surface area contributed by atoms with Gasteiger partial charge >= 0.3 is 0 Å². The van der Waals surface area contributed by atoms with Crippen molar-refractivity contribution in [3.8, 4) is 0 Å². The lowest BCUT2D eigenvalue weighted by Crippen LogP contribution is -2.20. The first-order valence-corrected chi connectivity index (χ1v) is 7.20. The van der Waals surface area contributed by atoms with E-state index in [1.165, 1.54) is 0 Å². The van der Waals surface area contributed by atoms with Gasteiger partial charge < -0.3 is 5.32 Å². The molecule has 0 saturated heterocycles. The maximum atomic E-state index is 12.3. The zero-order valence-electron chi connectivity index (χ0n) is 12.9. The van der Waals surface area contributed by atoms with Gasteiger partial charge in [0.15, 0.2) is 0 Å². The Labute approximate surface area is 129 Å². The van der Waals surface area contributed by atoms with Gasteiger partial charge in [0, 0.05) is 17.3 Å². The molecule has 1 aromatic carbocycles. The van der Waals surface area contributed by atoms with Crippen LogP contribution in [0.5, 0.6) is 0 Å². The second-order valence-electron chi connectivity index (χ2n) is 5.46. The Kier molecular flexibility index (Phi) is 3.63. The number of fused-ring (bicyclic) bond motifs is 1. The van der Waals surface area contributed by atoms with Crippen LogP contribution in [0.25, 0.3) is 10.9 Å². The molecule has 1 amide bonds. The number of hydrogen-bond acceptors (Lipinski definition) is 3. The predicted molar refractivity (Wildman–Crippen MR) is 86.8 cm³/mol. The monoisotopic (exact) mass is 294 g/mol. The lowest BCUT2D eigenvalue weighted by molar-refractivity contribution is -0.116. The summed E-state index contributed by atoms with van der Waals surface area (Å²) in [5.41, 5.74) is 4.66. The van der Waals surface area contributed by atoms with Crippen molar-refractivity contribution in [1.29, 1.82) is 0 Å². The van der Waals surface area contributed by atoms with E-state index < -0.39 is 0 Å². The molecule has 112 valence electrons. The number of amides is 1. The minimum Gasteiger partial charge on any atom is -0.324 e. The number of rotatable bonds is 3. The molecule has 0 atom stereocenters. The summed E-state index contributed by atoms with van der Waals surface area (Å²) < 4.78 is 1.71. The summed E-state index contributed by atoms with van der Waals surface area (Å²) in [4.78, 5) is 16.7. The van der Waals surface area contributed by atoms with E-state index in [4.69, 9.17) is 0 Å². The Morgan fingerprint density at radius 3 is 2.77 bits per heavy atom. The quantitative estimate of drug-likeness (QED) is 0.808. The van der Waals surface area contributed by atoms with Crippen LogP contribution in [-0.2, 0) is 11.3 Å². The van der Waals surface area contributed by atoms with Gasteiger partial charge in [0.2, 0.25) is 5.91 Å². The van der Waals surface area contributed by atoms with Gasteiger partial charge in [-0.3, -0.25) is 14.5 Å². The second-order valence-corrected chi connectivity index (χ2v) is 5.46. The van der Waals surface area contributed by atoms with Crippen LogP contribution in [0, 0.1) is 20.8 Å². The molecule has 5 heteroatoms. The molecule has 0 saturated carbocycles. The summed E-state index contributed by atoms with van der Waals surface area (Å²) in [6.45, 7) is 6.07. The van der Waals surface area contributed by atoms with Gasteiger partial charge in [-0.15, -0.1) is 0 Å². The summed E-state index contributed by atoms with van der Waals surface area (Å²) in [5.74, 6) is -0.0970. The van der Waals surface area contributed by atoms with Crippen molar-refractivity contribution in [2.45, 2.75) is 27.3 Å².